The topological polar surface area (TPSA) is 294 Å². The largest absolute Gasteiger partial charge is 0.465 e. The van der Waals surface area contributed by atoms with Crippen LogP contribution < -0.4 is 20.6 Å². The Hall–Kier alpha value is -7.39. The molecule has 9 rings (SSSR count). The van der Waals surface area contributed by atoms with Gasteiger partial charge < -0.3 is 28.8 Å². The molecule has 0 radical (unpaired) electrons. The Morgan fingerprint density at radius 3 is 1.34 bits per heavy atom. The van der Waals surface area contributed by atoms with E-state index in [0.29, 0.717) is 59.8 Å². The first-order chi connectivity index (χ1) is 43.7. The van der Waals surface area contributed by atoms with Gasteiger partial charge in [0.05, 0.1) is 92.9 Å². The molecule has 9 heterocycles. The molecule has 1 N–H and O–H groups in total. The maximum Gasteiger partial charge on any atom is 0.422 e. The number of aromatic nitrogens is 13. The van der Waals surface area contributed by atoms with E-state index in [1.165, 1.54) is 67.6 Å². The third kappa shape index (κ3) is 27.5. The van der Waals surface area contributed by atoms with Crippen LogP contribution in [0.4, 0.5) is 13.2 Å². The van der Waals surface area contributed by atoms with E-state index in [4.69, 9.17) is 37.8 Å². The van der Waals surface area contributed by atoms with E-state index in [0.717, 1.165) is 83.6 Å². The van der Waals surface area contributed by atoms with Crippen molar-refractivity contribution in [1.82, 2.24) is 64.4 Å². The molecule has 0 spiro atoms. The van der Waals surface area contributed by atoms with Gasteiger partial charge in [0.15, 0.2) is 12.0 Å². The highest BCUT2D eigenvalue weighted by Crippen LogP contribution is 2.22. The molecule has 0 saturated carbocycles. The number of thiazole rings is 5. The molecule has 0 amide bonds. The molecular weight excluding hydrogens is 1330 g/mol. The van der Waals surface area contributed by atoms with Crippen LogP contribution in [0, 0.1) is 0 Å². The standard InChI is InChI=1S/C17H19N5O2S.C16H14F3N5O2S.C8H11NO2S.C6H8ClNS.C6H9NOS.C5H7ClO3/c1-3-7-24-17-19-8-12(9-20-17)14-5-6-16(23)22(21-14)11-13-10-18-15(4-2)25-13;1-2-13-20-7-11(27-13)8-24-14(25)4-3-12(23-24)10-5-21-15(22-6-10)26-9-16(17,18)19;1-3-7-9-5-6(12-7)8(10)11-4-2;1-2-6-8-4-5(3-7)9-6;1-2-6-7-3-5(4-8)9-6;1-2-9-5(8)4(6)3-7/h5-6,8-10H,3-4,7,11H2,1-2H3;3-7H,2,8-9H2,1H3;5H,3-4H2,1-2H3;4H,2-3H2,1H3;3,8H,2,4H2,1H3;3-4H,2H2,1H3. The number of hydrogen-bond donors (Lipinski definition) is 1. The van der Waals surface area contributed by atoms with Crippen LogP contribution in [0.15, 0.2) is 89.6 Å². The summed E-state index contributed by atoms with van der Waals surface area (Å²) in [5.41, 5.74) is 1.80. The van der Waals surface area contributed by atoms with E-state index in [9.17, 15) is 37.1 Å². The number of alkyl halides is 5. The highest BCUT2D eigenvalue weighted by atomic mass is 35.5. The number of aryl methyl sites for hydroxylation is 5. The average Bonchev–Trinajstić information content (AvgIpc) is 2.00. The monoisotopic (exact) mass is 1390 g/mol. The molecular formula is C58H68Cl2F3N13O10S5. The minimum absolute atomic E-state index is 0.123. The van der Waals surface area contributed by atoms with E-state index >= 15 is 0 Å². The highest BCUT2D eigenvalue weighted by molar-refractivity contribution is 7.13. The molecule has 490 valence electrons. The Morgan fingerprint density at radius 1 is 0.571 bits per heavy atom. The first-order valence-corrected chi connectivity index (χ1v) is 33.2. The van der Waals surface area contributed by atoms with Crippen molar-refractivity contribution in [3.05, 3.63) is 150 Å². The molecule has 0 aliphatic carbocycles. The summed E-state index contributed by atoms with van der Waals surface area (Å²) in [6.45, 7) is 16.2. The van der Waals surface area contributed by atoms with E-state index in [1.807, 2.05) is 27.0 Å². The van der Waals surface area contributed by atoms with Crippen LogP contribution >= 0.6 is 79.9 Å². The first kappa shape index (κ1) is 76.1. The molecule has 91 heavy (non-hydrogen) atoms. The molecule has 0 aromatic carbocycles. The number of esters is 2. The van der Waals surface area contributed by atoms with Crippen LogP contribution in [-0.4, -0.2) is 126 Å². The Kier molecular flexibility index (Phi) is 34.4. The van der Waals surface area contributed by atoms with Gasteiger partial charge in [0.1, 0.15) is 11.2 Å². The lowest BCUT2D eigenvalue weighted by molar-refractivity contribution is -0.154. The molecule has 9 aromatic rings. The van der Waals surface area contributed by atoms with Gasteiger partial charge in [-0.25, -0.2) is 63.8 Å². The van der Waals surface area contributed by atoms with Crippen molar-refractivity contribution < 1.29 is 51.6 Å². The predicted octanol–water partition coefficient (Wildman–Crippen LogP) is 11.1. The molecule has 9 aromatic heterocycles. The molecule has 23 nitrogen and oxygen atoms in total. The van der Waals surface area contributed by atoms with Crippen LogP contribution in [0.1, 0.15) is 116 Å². The lowest BCUT2D eigenvalue weighted by Gasteiger charge is -2.08. The summed E-state index contributed by atoms with van der Waals surface area (Å²) in [6.07, 6.45) is 15.8. The van der Waals surface area contributed by atoms with Gasteiger partial charge in [0.25, 0.3) is 11.1 Å². The van der Waals surface area contributed by atoms with Crippen molar-refractivity contribution in [2.24, 2.45) is 0 Å². The molecule has 0 saturated heterocycles. The smallest absolute Gasteiger partial charge is 0.422 e. The van der Waals surface area contributed by atoms with Gasteiger partial charge in [-0.05, 0) is 64.5 Å². The lowest BCUT2D eigenvalue weighted by Crippen LogP contribution is -2.22. The molecule has 33 heteroatoms. The molecule has 1 unspecified atom stereocenters. The third-order valence-corrected chi connectivity index (χ3v) is 17.2. The number of aliphatic hydroxyl groups excluding tert-OH is 1. The van der Waals surface area contributed by atoms with Crippen molar-refractivity contribution >= 4 is 98.1 Å². The number of carbonyl (C=O) groups is 3. The minimum atomic E-state index is -4.46. The van der Waals surface area contributed by atoms with Gasteiger partial charge in [-0.15, -0.1) is 79.9 Å². The van der Waals surface area contributed by atoms with E-state index in [-0.39, 0.29) is 42.9 Å². The second-order valence-corrected chi connectivity index (χ2v) is 24.4. The quantitative estimate of drug-likeness (QED) is 0.0269. The summed E-state index contributed by atoms with van der Waals surface area (Å²) in [5.74, 6) is -0.360. The van der Waals surface area contributed by atoms with Crippen molar-refractivity contribution in [2.45, 2.75) is 131 Å². The summed E-state index contributed by atoms with van der Waals surface area (Å²) in [6, 6.07) is 5.99. The Labute approximate surface area is 552 Å². The fourth-order valence-electron chi connectivity index (χ4n) is 6.49. The third-order valence-electron chi connectivity index (χ3n) is 10.9. The lowest BCUT2D eigenvalue weighted by atomic mass is 10.2. The number of aliphatic hydroxyl groups is 1. The van der Waals surface area contributed by atoms with Crippen molar-refractivity contribution in [1.29, 1.82) is 0 Å². The minimum Gasteiger partial charge on any atom is -0.465 e. The SMILES string of the molecule is CCCOc1ncc(-c2ccc(=O)n(Cc3cnc(CC)s3)n2)cn1.CCOC(=O)C(Cl)C=O.CCOC(=O)c1cnc(CC)s1.CCc1ncc(CCl)s1.CCc1ncc(CO)s1.CCc1ncc(Cn2nc(-c3cnc(OCC(F)(F)F)nc3)ccc2=O)s1. The average molecular weight is 1400 g/mol. The van der Waals surface area contributed by atoms with Gasteiger partial charge in [-0.3, -0.25) is 9.59 Å². The summed E-state index contributed by atoms with van der Waals surface area (Å²) in [7, 11) is 0. The van der Waals surface area contributed by atoms with Gasteiger partial charge in [0, 0.05) is 87.5 Å². The summed E-state index contributed by atoms with van der Waals surface area (Å²) in [4.78, 5) is 96.7. The zero-order valence-corrected chi connectivity index (χ0v) is 56.5. The van der Waals surface area contributed by atoms with Gasteiger partial charge in [-0.1, -0.05) is 41.5 Å². The second kappa shape index (κ2) is 41.2. The number of halogens is 5. The van der Waals surface area contributed by atoms with E-state index < -0.39 is 24.1 Å². The van der Waals surface area contributed by atoms with Crippen LogP contribution in [0.25, 0.3) is 22.5 Å². The Bertz CT molecular complexity index is 3640. The number of ether oxygens (including phenoxy) is 4. The molecule has 0 aliphatic rings. The predicted molar refractivity (Wildman–Crippen MR) is 346 cm³/mol. The molecule has 1 atom stereocenters. The molecule has 0 bridgehead atoms. The fraction of sp³-hybridized carbons (Fsp3) is 0.414. The zero-order valence-electron chi connectivity index (χ0n) is 50.9. The van der Waals surface area contributed by atoms with Crippen molar-refractivity contribution in [3.63, 3.8) is 0 Å². The first-order valence-electron chi connectivity index (χ1n) is 28.2. The van der Waals surface area contributed by atoms with Gasteiger partial charge in [0.2, 0.25) is 0 Å². The van der Waals surface area contributed by atoms with E-state index in [1.54, 1.807) is 91.1 Å². The summed E-state index contributed by atoms with van der Waals surface area (Å²) >= 11 is 18.5. The maximum atomic E-state index is 12.1. The van der Waals surface area contributed by atoms with E-state index in [2.05, 4.69) is 85.3 Å². The number of hydrogen-bond acceptors (Lipinski definition) is 26. The number of nitrogens with zero attached hydrogens (tertiary/aromatic N) is 13. The maximum absolute atomic E-state index is 12.1. The highest BCUT2D eigenvalue weighted by Gasteiger charge is 2.29. The Morgan fingerprint density at radius 2 is 0.978 bits per heavy atom. The normalized spacial score (nSPS) is 10.9. The van der Waals surface area contributed by atoms with Crippen LogP contribution in [0.3, 0.4) is 0 Å². The summed E-state index contributed by atoms with van der Waals surface area (Å²) in [5, 5.41) is 21.4. The second-order valence-electron chi connectivity index (χ2n) is 17.8. The number of rotatable bonds is 23. The molecule has 0 fully saturated rings. The van der Waals surface area contributed by atoms with Crippen molar-refractivity contribution in [3.8, 4) is 34.5 Å². The number of carbonyl (C=O) groups excluding carboxylic acids is 3. The zero-order chi connectivity index (χ0) is 66.7. The van der Waals surface area contributed by atoms with Crippen LogP contribution in [0.2, 0.25) is 0 Å². The fourth-order valence-corrected chi connectivity index (χ4v) is 10.7. The summed E-state index contributed by atoms with van der Waals surface area (Å²) < 4.78 is 58.2. The van der Waals surface area contributed by atoms with Crippen LogP contribution in [0.5, 0.6) is 12.0 Å². The van der Waals surface area contributed by atoms with Gasteiger partial charge in [-0.2, -0.15) is 23.4 Å². The molecule has 0 aliphatic heterocycles. The van der Waals surface area contributed by atoms with Crippen LogP contribution in [-0.2, 0) is 76.7 Å². The van der Waals surface area contributed by atoms with Crippen molar-refractivity contribution in [2.75, 3.05) is 26.4 Å². The van der Waals surface area contributed by atoms with Gasteiger partial charge >= 0.3 is 30.1 Å². The Balaban J connectivity index is 0.000000250. The number of aldehydes is 1.